The van der Waals surface area contributed by atoms with E-state index in [-0.39, 0.29) is 17.4 Å². The molecule has 8 nitrogen and oxygen atoms in total. The maximum Gasteiger partial charge on any atom is 0.353 e. The number of aryl methyl sites for hydroxylation is 1. The van der Waals surface area contributed by atoms with E-state index in [4.69, 9.17) is 20.5 Å². The van der Waals surface area contributed by atoms with E-state index in [2.05, 4.69) is 5.32 Å². The Bertz CT molecular complexity index is 1240. The third-order valence-electron chi connectivity index (χ3n) is 5.76. The van der Waals surface area contributed by atoms with Gasteiger partial charge in [0.15, 0.2) is 0 Å². The van der Waals surface area contributed by atoms with Gasteiger partial charge in [0, 0.05) is 16.6 Å². The standard InChI is InChI=1S/C24H29ClN2O6S/c1-14(2)27-21(22(33-34(6,30)31)17-12-11-16(25)13-15(17)3)20(23(28)29)26-24(27,4)18-9-7-8-10-19(18)32-5/h7-14,22,26H,1-6H3,(H,28,29). The third-order valence-corrected chi connectivity index (χ3v) is 6.54. The van der Waals surface area contributed by atoms with Crippen molar-refractivity contribution in [3.05, 3.63) is 75.6 Å². The van der Waals surface area contributed by atoms with Crippen LogP contribution in [-0.4, -0.2) is 43.8 Å². The lowest BCUT2D eigenvalue weighted by molar-refractivity contribution is -0.133. The molecule has 0 fully saturated rings. The molecule has 0 saturated heterocycles. The molecule has 1 heterocycles. The summed E-state index contributed by atoms with van der Waals surface area (Å²) >= 11 is 6.13. The van der Waals surface area contributed by atoms with Gasteiger partial charge in [0.2, 0.25) is 0 Å². The molecule has 0 radical (unpaired) electrons. The Morgan fingerprint density at radius 3 is 2.38 bits per heavy atom. The SMILES string of the molecule is COc1ccccc1C1(C)NC(C(=O)O)=C(C(OS(C)(=O)=O)c2ccc(Cl)cc2C)N1C(C)C. The third kappa shape index (κ3) is 4.87. The Balaban J connectivity index is 2.33. The number of aliphatic carboxylic acids is 1. The molecule has 0 saturated carbocycles. The zero-order valence-electron chi connectivity index (χ0n) is 19.9. The Morgan fingerprint density at radius 1 is 1.21 bits per heavy atom. The topological polar surface area (TPSA) is 105 Å². The fourth-order valence-electron chi connectivity index (χ4n) is 4.54. The van der Waals surface area contributed by atoms with Crippen LogP contribution in [0.25, 0.3) is 0 Å². The van der Waals surface area contributed by atoms with Crippen LogP contribution in [0.15, 0.2) is 53.9 Å². The summed E-state index contributed by atoms with van der Waals surface area (Å²) in [7, 11) is -2.45. The first-order chi connectivity index (χ1) is 15.8. The fourth-order valence-corrected chi connectivity index (χ4v) is 5.31. The van der Waals surface area contributed by atoms with Crippen molar-refractivity contribution in [2.75, 3.05) is 13.4 Å². The number of rotatable bonds is 8. The molecule has 3 rings (SSSR count). The highest BCUT2D eigenvalue weighted by Gasteiger charge is 2.50. The van der Waals surface area contributed by atoms with Crippen molar-refractivity contribution in [2.24, 2.45) is 0 Å². The van der Waals surface area contributed by atoms with Crippen LogP contribution in [0.3, 0.4) is 0 Å². The Morgan fingerprint density at radius 2 is 1.85 bits per heavy atom. The predicted octanol–water partition coefficient (Wildman–Crippen LogP) is 4.16. The van der Waals surface area contributed by atoms with E-state index in [9.17, 15) is 18.3 Å². The van der Waals surface area contributed by atoms with Gasteiger partial charge in [0.05, 0.1) is 19.1 Å². The molecule has 2 aromatic rings. The number of halogens is 1. The smallest absolute Gasteiger partial charge is 0.353 e. The van der Waals surface area contributed by atoms with Crippen molar-refractivity contribution in [1.29, 1.82) is 0 Å². The largest absolute Gasteiger partial charge is 0.496 e. The van der Waals surface area contributed by atoms with E-state index >= 15 is 0 Å². The van der Waals surface area contributed by atoms with Crippen LogP contribution in [0.5, 0.6) is 5.75 Å². The summed E-state index contributed by atoms with van der Waals surface area (Å²) in [5.41, 5.74) is 0.777. The van der Waals surface area contributed by atoms with E-state index < -0.39 is 27.9 Å². The summed E-state index contributed by atoms with van der Waals surface area (Å²) in [6.07, 6.45) is -0.293. The molecular weight excluding hydrogens is 480 g/mol. The van der Waals surface area contributed by atoms with Gasteiger partial charge in [-0.05, 0) is 57.0 Å². The van der Waals surface area contributed by atoms with Gasteiger partial charge in [-0.25, -0.2) is 4.79 Å². The minimum absolute atomic E-state index is 0.162. The quantitative estimate of drug-likeness (QED) is 0.512. The van der Waals surface area contributed by atoms with Crippen LogP contribution < -0.4 is 10.1 Å². The average molecular weight is 509 g/mol. The molecule has 2 N–H and O–H groups in total. The molecule has 0 amide bonds. The molecule has 0 aromatic heterocycles. The number of hydrogen-bond donors (Lipinski definition) is 2. The molecule has 2 atom stereocenters. The van der Waals surface area contributed by atoms with E-state index in [0.717, 1.165) is 6.26 Å². The number of nitrogens with one attached hydrogen (secondary N) is 1. The van der Waals surface area contributed by atoms with Gasteiger partial charge >= 0.3 is 5.97 Å². The summed E-state index contributed by atoms with van der Waals surface area (Å²) in [6, 6.07) is 12.0. The van der Waals surface area contributed by atoms with Crippen molar-refractivity contribution in [3.63, 3.8) is 0 Å². The normalized spacial score (nSPS) is 19.4. The number of carboxylic acids is 1. The van der Waals surface area contributed by atoms with Crippen molar-refractivity contribution in [1.82, 2.24) is 10.2 Å². The first-order valence-electron chi connectivity index (χ1n) is 10.6. The molecule has 0 spiro atoms. The Kier molecular flexibility index (Phi) is 7.21. The van der Waals surface area contributed by atoms with E-state index in [1.54, 1.807) is 31.2 Å². The van der Waals surface area contributed by atoms with E-state index in [1.807, 2.05) is 43.9 Å². The second kappa shape index (κ2) is 9.48. The highest BCUT2D eigenvalue weighted by Crippen LogP contribution is 2.47. The maximum absolute atomic E-state index is 12.5. The molecule has 184 valence electrons. The molecular formula is C24H29ClN2O6S. The maximum atomic E-state index is 12.5. The zero-order chi connectivity index (χ0) is 25.4. The summed E-state index contributed by atoms with van der Waals surface area (Å²) in [5.74, 6) is -0.689. The number of benzene rings is 2. The molecule has 10 heteroatoms. The van der Waals surface area contributed by atoms with Crippen LogP contribution in [0.4, 0.5) is 0 Å². The number of ether oxygens (including phenoxy) is 1. The first-order valence-corrected chi connectivity index (χ1v) is 12.8. The molecule has 1 aliphatic heterocycles. The highest BCUT2D eigenvalue weighted by molar-refractivity contribution is 7.86. The van der Waals surface area contributed by atoms with Crippen LogP contribution in [-0.2, 0) is 24.8 Å². The molecule has 34 heavy (non-hydrogen) atoms. The van der Waals surface area contributed by atoms with Crippen molar-refractivity contribution in [3.8, 4) is 5.75 Å². The molecule has 0 aliphatic carbocycles. The second-order valence-electron chi connectivity index (χ2n) is 8.61. The Labute approximate surface area is 205 Å². The number of carboxylic acid groups (broad SMARTS) is 1. The summed E-state index contributed by atoms with van der Waals surface area (Å²) in [5, 5.41) is 13.8. The highest BCUT2D eigenvalue weighted by atomic mass is 35.5. The van der Waals surface area contributed by atoms with Crippen LogP contribution in [0.2, 0.25) is 5.02 Å². The second-order valence-corrected chi connectivity index (χ2v) is 10.6. The first kappa shape index (κ1) is 25.9. The zero-order valence-corrected chi connectivity index (χ0v) is 21.5. The number of methoxy groups -OCH3 is 1. The lowest BCUT2D eigenvalue weighted by Gasteiger charge is -2.43. The summed E-state index contributed by atoms with van der Waals surface area (Å²) in [6.45, 7) is 7.38. The van der Waals surface area contributed by atoms with Crippen LogP contribution in [0.1, 0.15) is 43.6 Å². The van der Waals surface area contributed by atoms with Gasteiger partial charge in [-0.1, -0.05) is 35.9 Å². The number of hydrogen-bond acceptors (Lipinski definition) is 7. The predicted molar refractivity (Wildman–Crippen MR) is 130 cm³/mol. The molecule has 1 aliphatic rings. The fraction of sp³-hybridized carbons (Fsp3) is 0.375. The van der Waals surface area contributed by atoms with Gasteiger partial charge in [-0.15, -0.1) is 0 Å². The molecule has 0 bridgehead atoms. The van der Waals surface area contributed by atoms with E-state index in [0.29, 0.717) is 27.5 Å². The van der Waals surface area contributed by atoms with Gasteiger partial charge in [0.1, 0.15) is 23.2 Å². The average Bonchev–Trinajstić information content (AvgIpc) is 3.06. The van der Waals surface area contributed by atoms with Crippen LogP contribution >= 0.6 is 11.6 Å². The summed E-state index contributed by atoms with van der Waals surface area (Å²) in [4.78, 5) is 14.3. The number of nitrogens with zero attached hydrogens (tertiary/aromatic N) is 1. The number of para-hydroxylation sites is 1. The van der Waals surface area contributed by atoms with Crippen molar-refractivity contribution in [2.45, 2.75) is 45.5 Å². The minimum Gasteiger partial charge on any atom is -0.496 e. The lowest BCUT2D eigenvalue weighted by atomic mass is 9.95. The monoisotopic (exact) mass is 508 g/mol. The van der Waals surface area contributed by atoms with Gasteiger partial charge < -0.3 is 20.1 Å². The lowest BCUT2D eigenvalue weighted by Crippen LogP contribution is -2.51. The molecule has 2 aromatic carbocycles. The number of carbonyl (C=O) groups is 1. The van der Waals surface area contributed by atoms with Gasteiger partial charge in [-0.3, -0.25) is 4.18 Å². The van der Waals surface area contributed by atoms with Gasteiger partial charge in [0.25, 0.3) is 10.1 Å². The molecule has 2 unspecified atom stereocenters. The van der Waals surface area contributed by atoms with Crippen LogP contribution in [0, 0.1) is 6.92 Å². The minimum atomic E-state index is -3.99. The van der Waals surface area contributed by atoms with Crippen molar-refractivity contribution < 1.29 is 27.2 Å². The summed E-state index contributed by atoms with van der Waals surface area (Å²) < 4.78 is 35.9. The van der Waals surface area contributed by atoms with Gasteiger partial charge in [-0.2, -0.15) is 8.42 Å². The Hall–Kier alpha value is -2.75. The van der Waals surface area contributed by atoms with Crippen molar-refractivity contribution >= 4 is 27.7 Å². The van der Waals surface area contributed by atoms with E-state index in [1.165, 1.54) is 7.11 Å².